The Morgan fingerprint density at radius 2 is 2.05 bits per heavy atom. The Balaban J connectivity index is 2.08. The van der Waals surface area contributed by atoms with E-state index in [0.717, 1.165) is 12.0 Å². The molecular weight excluding hydrogens is 247 g/mol. The summed E-state index contributed by atoms with van der Waals surface area (Å²) in [7, 11) is 0. The molecule has 1 saturated carbocycles. The molecule has 2 aliphatic rings. The van der Waals surface area contributed by atoms with Crippen LogP contribution in [0.25, 0.3) is 0 Å². The normalized spacial score (nSPS) is 23.3. The van der Waals surface area contributed by atoms with Gasteiger partial charge in [-0.1, -0.05) is 18.6 Å². The first-order chi connectivity index (χ1) is 9.02. The van der Waals surface area contributed by atoms with Gasteiger partial charge in [-0.2, -0.15) is 0 Å². The van der Waals surface area contributed by atoms with E-state index >= 15 is 0 Å². The van der Waals surface area contributed by atoms with Gasteiger partial charge in [-0.15, -0.1) is 0 Å². The number of carboxylic acids is 1. The van der Waals surface area contributed by atoms with Gasteiger partial charge in [0.1, 0.15) is 5.82 Å². The largest absolute Gasteiger partial charge is 0.481 e. The molecule has 0 atom stereocenters. The molecule has 3 nitrogen and oxygen atoms in total. The third kappa shape index (κ3) is 1.49. The van der Waals surface area contributed by atoms with E-state index in [1.807, 2.05) is 0 Å². The van der Waals surface area contributed by atoms with E-state index in [2.05, 4.69) is 0 Å². The fourth-order valence-corrected chi connectivity index (χ4v) is 3.40. The Kier molecular flexibility index (Phi) is 2.68. The summed E-state index contributed by atoms with van der Waals surface area (Å²) in [6.45, 7) is 2.55. The molecule has 1 aliphatic carbocycles. The Labute approximate surface area is 111 Å². The lowest BCUT2D eigenvalue weighted by atomic mass is 9.49. The summed E-state index contributed by atoms with van der Waals surface area (Å²) in [6.07, 6.45) is 2.30. The minimum absolute atomic E-state index is 0.253. The second kappa shape index (κ2) is 4.04. The van der Waals surface area contributed by atoms with Gasteiger partial charge >= 0.3 is 5.97 Å². The lowest BCUT2D eigenvalue weighted by Gasteiger charge is -2.57. The molecule has 1 aliphatic heterocycles. The van der Waals surface area contributed by atoms with Gasteiger partial charge in [0.25, 0.3) is 0 Å². The number of benzene rings is 1. The Morgan fingerprint density at radius 1 is 1.37 bits per heavy atom. The number of hydrogen-bond donors (Lipinski definition) is 1. The van der Waals surface area contributed by atoms with Gasteiger partial charge in [0.2, 0.25) is 0 Å². The number of aliphatic carboxylic acids is 1. The van der Waals surface area contributed by atoms with Gasteiger partial charge in [-0.3, -0.25) is 4.79 Å². The van der Waals surface area contributed by atoms with Crippen molar-refractivity contribution in [1.29, 1.82) is 0 Å². The molecule has 1 aromatic rings. The molecule has 0 amide bonds. The van der Waals surface area contributed by atoms with Crippen molar-refractivity contribution in [2.45, 2.75) is 31.6 Å². The minimum atomic E-state index is -0.746. The summed E-state index contributed by atoms with van der Waals surface area (Å²) >= 11 is 0. The number of rotatable bonds is 3. The summed E-state index contributed by atoms with van der Waals surface area (Å²) in [5.74, 6) is -0.999. The van der Waals surface area contributed by atoms with E-state index in [0.29, 0.717) is 31.6 Å². The number of aryl methyl sites for hydroxylation is 1. The molecule has 0 unspecified atom stereocenters. The number of carbonyl (C=O) groups is 1. The molecule has 1 aromatic carbocycles. The van der Waals surface area contributed by atoms with Gasteiger partial charge in [-0.05, 0) is 37.0 Å². The number of ether oxygens (including phenoxy) is 1. The van der Waals surface area contributed by atoms with E-state index in [9.17, 15) is 14.3 Å². The molecule has 0 radical (unpaired) electrons. The first-order valence-corrected chi connectivity index (χ1v) is 6.60. The maximum atomic E-state index is 13.4. The molecule has 0 aromatic heterocycles. The van der Waals surface area contributed by atoms with Gasteiger partial charge < -0.3 is 9.84 Å². The second-order valence-corrected chi connectivity index (χ2v) is 5.78. The molecule has 4 heteroatoms. The molecular formula is C15H17FO3. The topological polar surface area (TPSA) is 46.5 Å². The van der Waals surface area contributed by atoms with Crippen molar-refractivity contribution in [2.75, 3.05) is 13.2 Å². The number of carboxylic acid groups (broad SMARTS) is 1. The van der Waals surface area contributed by atoms with Crippen LogP contribution in [0.3, 0.4) is 0 Å². The molecule has 1 N–H and O–H groups in total. The smallest absolute Gasteiger partial charge is 0.310 e. The zero-order valence-electron chi connectivity index (χ0n) is 10.9. The summed E-state index contributed by atoms with van der Waals surface area (Å²) in [4.78, 5) is 11.7. The summed E-state index contributed by atoms with van der Waals surface area (Å²) in [5, 5.41) is 9.64. The zero-order chi connectivity index (χ0) is 13.7. The molecule has 102 valence electrons. The lowest BCUT2D eigenvalue weighted by molar-refractivity contribution is -0.192. The lowest BCUT2D eigenvalue weighted by Crippen LogP contribution is -2.64. The number of halogens is 1. The monoisotopic (exact) mass is 264 g/mol. The number of hydrogen-bond acceptors (Lipinski definition) is 2. The molecule has 1 heterocycles. The third-order valence-electron chi connectivity index (χ3n) is 4.94. The first-order valence-electron chi connectivity index (χ1n) is 6.60. The standard InChI is InChI=1S/C15H17FO3/c1-10-7-11(3-4-12(10)16)15(8-19-9-15)14(13(17)18)5-2-6-14/h3-4,7H,2,5-6,8-9H2,1H3,(H,17,18). The summed E-state index contributed by atoms with van der Waals surface area (Å²) < 4.78 is 18.8. The maximum absolute atomic E-state index is 13.4. The van der Waals surface area contributed by atoms with E-state index in [4.69, 9.17) is 4.74 Å². The fourth-order valence-electron chi connectivity index (χ4n) is 3.40. The minimum Gasteiger partial charge on any atom is -0.481 e. The highest BCUT2D eigenvalue weighted by Crippen LogP contribution is 2.58. The Morgan fingerprint density at radius 3 is 2.42 bits per heavy atom. The van der Waals surface area contributed by atoms with Crippen LogP contribution in [0.4, 0.5) is 4.39 Å². The molecule has 1 saturated heterocycles. The third-order valence-corrected chi connectivity index (χ3v) is 4.94. The van der Waals surface area contributed by atoms with Crippen molar-refractivity contribution in [1.82, 2.24) is 0 Å². The van der Waals surface area contributed by atoms with Gasteiger partial charge in [-0.25, -0.2) is 4.39 Å². The van der Waals surface area contributed by atoms with Crippen LogP contribution in [0.15, 0.2) is 18.2 Å². The quantitative estimate of drug-likeness (QED) is 0.913. The zero-order valence-corrected chi connectivity index (χ0v) is 10.9. The van der Waals surface area contributed by atoms with E-state index in [1.54, 1.807) is 19.1 Å². The predicted octanol–water partition coefficient (Wildman–Crippen LogP) is 2.66. The van der Waals surface area contributed by atoms with Crippen molar-refractivity contribution in [3.63, 3.8) is 0 Å². The van der Waals surface area contributed by atoms with Gasteiger partial charge in [0.15, 0.2) is 0 Å². The van der Waals surface area contributed by atoms with Crippen LogP contribution in [0.2, 0.25) is 0 Å². The fraction of sp³-hybridized carbons (Fsp3) is 0.533. The van der Waals surface area contributed by atoms with E-state index < -0.39 is 16.8 Å². The highest BCUT2D eigenvalue weighted by atomic mass is 19.1. The van der Waals surface area contributed by atoms with Crippen LogP contribution in [0, 0.1) is 18.2 Å². The van der Waals surface area contributed by atoms with Gasteiger partial charge in [0, 0.05) is 0 Å². The molecule has 2 fully saturated rings. The van der Waals surface area contributed by atoms with Crippen molar-refractivity contribution >= 4 is 5.97 Å². The Hall–Kier alpha value is -1.42. The maximum Gasteiger partial charge on any atom is 0.310 e. The second-order valence-electron chi connectivity index (χ2n) is 5.78. The van der Waals surface area contributed by atoms with Crippen molar-refractivity contribution in [3.8, 4) is 0 Å². The predicted molar refractivity (Wildman–Crippen MR) is 67.6 cm³/mol. The summed E-state index contributed by atoms with van der Waals surface area (Å²) in [5.41, 5.74) is 0.258. The molecule has 0 bridgehead atoms. The SMILES string of the molecule is Cc1cc(C2(C3(C(=O)O)CCC3)COC2)ccc1F. The van der Waals surface area contributed by atoms with Crippen molar-refractivity contribution in [3.05, 3.63) is 35.1 Å². The van der Waals surface area contributed by atoms with Crippen LogP contribution < -0.4 is 0 Å². The van der Waals surface area contributed by atoms with Crippen LogP contribution in [0.5, 0.6) is 0 Å². The van der Waals surface area contributed by atoms with Gasteiger partial charge in [0.05, 0.1) is 24.0 Å². The van der Waals surface area contributed by atoms with E-state index in [-0.39, 0.29) is 5.82 Å². The molecule has 19 heavy (non-hydrogen) atoms. The van der Waals surface area contributed by atoms with Crippen molar-refractivity contribution in [2.24, 2.45) is 5.41 Å². The average Bonchev–Trinajstić information content (AvgIpc) is 2.24. The van der Waals surface area contributed by atoms with Crippen LogP contribution in [-0.4, -0.2) is 24.3 Å². The average molecular weight is 264 g/mol. The molecule has 3 rings (SSSR count). The van der Waals surface area contributed by atoms with Crippen LogP contribution in [-0.2, 0) is 14.9 Å². The van der Waals surface area contributed by atoms with Crippen molar-refractivity contribution < 1.29 is 19.0 Å². The van der Waals surface area contributed by atoms with Crippen LogP contribution >= 0.6 is 0 Å². The summed E-state index contributed by atoms with van der Waals surface area (Å²) in [6, 6.07) is 4.92. The van der Waals surface area contributed by atoms with Crippen LogP contribution in [0.1, 0.15) is 30.4 Å². The van der Waals surface area contributed by atoms with E-state index in [1.165, 1.54) is 6.07 Å². The molecule has 0 spiro atoms. The Bertz CT molecular complexity index is 530. The highest BCUT2D eigenvalue weighted by Gasteiger charge is 2.64. The first kappa shape index (κ1) is 12.6. The highest BCUT2D eigenvalue weighted by molar-refractivity contribution is 5.79.